The van der Waals surface area contributed by atoms with Crippen LogP contribution >= 0.6 is 0 Å². The van der Waals surface area contributed by atoms with Crippen LogP contribution in [0.4, 0.5) is 0 Å². The maximum Gasteiger partial charge on any atom is 0.257 e. The fourth-order valence-corrected chi connectivity index (χ4v) is 6.18. The van der Waals surface area contributed by atoms with E-state index in [0.717, 1.165) is 25.7 Å². The minimum absolute atomic E-state index is 0.0287. The van der Waals surface area contributed by atoms with E-state index in [2.05, 4.69) is 10.6 Å². The topological polar surface area (TPSA) is 145 Å². The fourth-order valence-electron chi connectivity index (χ4n) is 6.18. The van der Waals surface area contributed by atoms with Crippen molar-refractivity contribution in [3.05, 3.63) is 105 Å². The zero-order valence-corrected chi connectivity index (χ0v) is 28.5. The molecule has 3 aliphatic rings. The van der Waals surface area contributed by atoms with Crippen molar-refractivity contribution in [2.24, 2.45) is 0 Å². The van der Waals surface area contributed by atoms with E-state index in [1.165, 1.54) is 24.3 Å². The van der Waals surface area contributed by atoms with Crippen molar-refractivity contribution < 1.29 is 38.2 Å². The molecule has 10 nitrogen and oxygen atoms in total. The molecule has 0 aromatic heterocycles. The first-order chi connectivity index (χ1) is 24.2. The van der Waals surface area contributed by atoms with Crippen molar-refractivity contribution >= 4 is 34.9 Å². The van der Waals surface area contributed by atoms with Gasteiger partial charge >= 0.3 is 0 Å². The van der Waals surface area contributed by atoms with Gasteiger partial charge < -0.3 is 20.1 Å². The summed E-state index contributed by atoms with van der Waals surface area (Å²) in [5.74, 6) is -1.32. The monoisotopic (exact) mass is 678 g/mol. The third-order valence-electron chi connectivity index (χ3n) is 8.71. The average molecular weight is 679 g/mol. The average Bonchev–Trinajstić information content (AvgIpc) is 3.08. The smallest absolute Gasteiger partial charge is 0.257 e. The number of amides is 2. The third kappa shape index (κ3) is 8.99. The molecule has 0 spiro atoms. The molecule has 10 heteroatoms. The number of hydrogen-bond donors (Lipinski definition) is 2. The first-order valence-electron chi connectivity index (χ1n) is 17.2. The third-order valence-corrected chi connectivity index (χ3v) is 8.71. The summed E-state index contributed by atoms with van der Waals surface area (Å²) >= 11 is 0. The molecule has 0 atom stereocenters. The molecule has 0 fully saturated rings. The van der Waals surface area contributed by atoms with Crippen LogP contribution in [0.1, 0.15) is 61.8 Å². The number of rotatable bonds is 12. The Labute approximate surface area is 291 Å². The van der Waals surface area contributed by atoms with Gasteiger partial charge in [0.15, 0.2) is 36.3 Å². The van der Waals surface area contributed by atoms with Crippen molar-refractivity contribution in [2.45, 2.75) is 65.2 Å². The van der Waals surface area contributed by atoms with Gasteiger partial charge in [-0.25, -0.2) is 0 Å². The van der Waals surface area contributed by atoms with Gasteiger partial charge in [0.25, 0.3) is 11.8 Å². The highest BCUT2D eigenvalue weighted by Gasteiger charge is 2.29. The SMILES string of the molecule is CCCCNC(=O)COc1c2cccc1CC1=CC(=O)C=C(Cc3cccc(c3OCC(=O)NCCCC)CC3=CC(=O)C=C(C2)C3=O)C1=O. The van der Waals surface area contributed by atoms with Crippen LogP contribution in [0.25, 0.3) is 0 Å². The number of ether oxygens (including phenoxy) is 2. The molecule has 0 aliphatic heterocycles. The fraction of sp³-hybridized carbons (Fsp3) is 0.350. The van der Waals surface area contributed by atoms with Crippen LogP contribution < -0.4 is 20.1 Å². The van der Waals surface area contributed by atoms with E-state index >= 15 is 0 Å². The Bertz CT molecular complexity index is 1620. The number of carbonyl (C=O) groups is 6. The number of benzene rings is 2. The summed E-state index contributed by atoms with van der Waals surface area (Å²) in [6.45, 7) is 4.46. The van der Waals surface area contributed by atoms with Crippen LogP contribution in [0.2, 0.25) is 0 Å². The molecule has 8 bridgehead atoms. The Morgan fingerprint density at radius 2 is 0.880 bits per heavy atom. The Morgan fingerprint density at radius 1 is 0.560 bits per heavy atom. The van der Waals surface area contributed by atoms with Crippen molar-refractivity contribution in [3.8, 4) is 11.5 Å². The van der Waals surface area contributed by atoms with Crippen molar-refractivity contribution in [1.29, 1.82) is 0 Å². The summed E-state index contributed by atoms with van der Waals surface area (Å²) in [5.41, 5.74) is 3.19. The molecule has 260 valence electrons. The summed E-state index contributed by atoms with van der Waals surface area (Å²) < 4.78 is 12.2. The van der Waals surface area contributed by atoms with Crippen LogP contribution in [-0.2, 0) is 54.5 Å². The maximum atomic E-state index is 13.9. The van der Waals surface area contributed by atoms with Crippen LogP contribution in [-0.4, -0.2) is 61.3 Å². The van der Waals surface area contributed by atoms with Gasteiger partial charge in [-0.3, -0.25) is 28.8 Å². The second-order valence-corrected chi connectivity index (χ2v) is 12.6. The standard InChI is InChI=1S/C40H42N2O8/c1-3-5-13-41-35(45)23-49-39-25-9-7-10-26(39)16-30-20-34(44)22-32(38(30)48)18-28-12-8-11-27(40(28)50-24-36(46)42-14-6-4-2)17-31-21-33(43)19-29(15-25)37(31)47/h7-12,19-22H,3-6,13-18,23-24H2,1-2H3,(H,41,45)(H,42,46). The number of hydrogen-bond acceptors (Lipinski definition) is 8. The number of ketones is 4. The van der Waals surface area contributed by atoms with E-state index in [9.17, 15) is 28.8 Å². The molecule has 5 rings (SSSR count). The van der Waals surface area contributed by atoms with E-state index in [0.29, 0.717) is 46.8 Å². The number of fused-ring (bicyclic) bond motifs is 8. The normalized spacial score (nSPS) is 15.7. The lowest BCUT2D eigenvalue weighted by Gasteiger charge is -2.22. The molecule has 0 radical (unpaired) electrons. The highest BCUT2D eigenvalue weighted by Crippen LogP contribution is 2.35. The van der Waals surface area contributed by atoms with Gasteiger partial charge in [0.1, 0.15) is 11.5 Å². The Hall–Kier alpha value is -5.38. The van der Waals surface area contributed by atoms with E-state index in [4.69, 9.17) is 9.47 Å². The number of Topliss-reactive ketones (excluding diaryl/α,β-unsaturated/α-hetero) is 2. The molecule has 2 N–H and O–H groups in total. The van der Waals surface area contributed by atoms with E-state index in [-0.39, 0.29) is 96.1 Å². The highest BCUT2D eigenvalue weighted by atomic mass is 16.5. The molecule has 0 saturated heterocycles. The second-order valence-electron chi connectivity index (χ2n) is 12.6. The van der Waals surface area contributed by atoms with Gasteiger partial charge in [-0.15, -0.1) is 0 Å². The van der Waals surface area contributed by atoms with Gasteiger partial charge in [0, 0.05) is 61.1 Å². The predicted molar refractivity (Wildman–Crippen MR) is 187 cm³/mol. The largest absolute Gasteiger partial charge is 0.483 e. The second kappa shape index (κ2) is 16.8. The minimum Gasteiger partial charge on any atom is -0.483 e. The number of carbonyl (C=O) groups excluding carboxylic acids is 6. The van der Waals surface area contributed by atoms with Gasteiger partial charge in [-0.1, -0.05) is 63.1 Å². The zero-order valence-electron chi connectivity index (χ0n) is 28.5. The first-order valence-corrected chi connectivity index (χ1v) is 17.2. The van der Waals surface area contributed by atoms with Gasteiger partial charge in [0.05, 0.1) is 0 Å². The van der Waals surface area contributed by atoms with Crippen molar-refractivity contribution in [2.75, 3.05) is 26.3 Å². The molecule has 0 heterocycles. The molecule has 3 aliphatic carbocycles. The molecule has 0 saturated carbocycles. The summed E-state index contributed by atoms with van der Waals surface area (Å²) in [5, 5.41) is 5.65. The number of unbranched alkanes of at least 4 members (excludes halogenated alkanes) is 2. The lowest BCUT2D eigenvalue weighted by Crippen LogP contribution is -2.30. The van der Waals surface area contributed by atoms with Crippen LogP contribution in [0.5, 0.6) is 11.5 Å². The molecule has 2 amide bonds. The van der Waals surface area contributed by atoms with E-state index in [1.54, 1.807) is 36.4 Å². The van der Waals surface area contributed by atoms with Crippen molar-refractivity contribution in [1.82, 2.24) is 10.6 Å². The van der Waals surface area contributed by atoms with E-state index in [1.807, 2.05) is 13.8 Å². The number of para-hydroxylation sites is 2. The minimum atomic E-state index is -0.340. The molecule has 2 aromatic carbocycles. The Kier molecular flexibility index (Phi) is 12.1. The van der Waals surface area contributed by atoms with Gasteiger partial charge in [0.2, 0.25) is 0 Å². The van der Waals surface area contributed by atoms with Crippen LogP contribution in [0, 0.1) is 0 Å². The van der Waals surface area contributed by atoms with Crippen molar-refractivity contribution in [3.63, 3.8) is 0 Å². The molecule has 50 heavy (non-hydrogen) atoms. The highest BCUT2D eigenvalue weighted by molar-refractivity contribution is 6.21. The zero-order chi connectivity index (χ0) is 35.6. The quantitative estimate of drug-likeness (QED) is 0.252. The lowest BCUT2D eigenvalue weighted by atomic mass is 9.84. The van der Waals surface area contributed by atoms with Gasteiger partial charge in [-0.2, -0.15) is 0 Å². The predicted octanol–water partition coefficient (Wildman–Crippen LogP) is 4.17. The van der Waals surface area contributed by atoms with Gasteiger partial charge in [-0.05, 0) is 59.4 Å². The molecular formula is C40H42N2O8. The van der Waals surface area contributed by atoms with Crippen LogP contribution in [0.3, 0.4) is 0 Å². The molecular weight excluding hydrogens is 636 g/mol. The maximum absolute atomic E-state index is 13.9. The summed E-state index contributed by atoms with van der Waals surface area (Å²) in [4.78, 5) is 79.2. The first kappa shape index (κ1) is 35.9. The number of allylic oxidation sites excluding steroid dienone is 8. The summed E-state index contributed by atoms with van der Waals surface area (Å²) in [7, 11) is 0. The lowest BCUT2D eigenvalue weighted by molar-refractivity contribution is -0.123. The van der Waals surface area contributed by atoms with E-state index < -0.39 is 0 Å². The van der Waals surface area contributed by atoms with Crippen LogP contribution in [0.15, 0.2) is 83.0 Å². The Morgan fingerprint density at radius 3 is 1.18 bits per heavy atom. The molecule has 2 aromatic rings. The summed E-state index contributed by atoms with van der Waals surface area (Å²) in [6, 6.07) is 10.5. The Balaban J connectivity index is 1.55. The number of nitrogens with one attached hydrogen (secondary N) is 2. The summed E-state index contributed by atoms with van der Waals surface area (Å²) in [6.07, 6.45) is 8.81. The molecule has 0 unspecified atom stereocenters.